The summed E-state index contributed by atoms with van der Waals surface area (Å²) in [4.78, 5) is 23.3. The molecule has 2 rings (SSSR count). The van der Waals surface area contributed by atoms with Gasteiger partial charge < -0.3 is 10.4 Å². The Kier molecular flexibility index (Phi) is 5.63. The number of halogens is 2. The highest BCUT2D eigenvalue weighted by atomic mass is 19.1. The second kappa shape index (κ2) is 7.68. The zero-order chi connectivity index (χ0) is 17.7. The molecule has 0 radical (unpaired) electrons. The molecule has 0 saturated carbocycles. The number of rotatable bonds is 6. The molecular weight excluding hydrogens is 316 g/mol. The van der Waals surface area contributed by atoms with Crippen LogP contribution >= 0.6 is 0 Å². The number of aliphatic carboxylic acids is 1. The maximum Gasteiger partial charge on any atom is 0.326 e. The van der Waals surface area contributed by atoms with E-state index in [0.717, 1.165) is 23.3 Å². The van der Waals surface area contributed by atoms with Crippen LogP contribution in [0, 0.1) is 18.6 Å². The van der Waals surface area contributed by atoms with Crippen molar-refractivity contribution >= 4 is 11.9 Å². The largest absolute Gasteiger partial charge is 0.480 e. The van der Waals surface area contributed by atoms with Crippen LogP contribution in [0.4, 0.5) is 8.78 Å². The van der Waals surface area contributed by atoms with E-state index < -0.39 is 36.0 Å². The molecule has 0 bridgehead atoms. The lowest BCUT2D eigenvalue weighted by atomic mass is 10.0. The highest BCUT2D eigenvalue weighted by Gasteiger charge is 2.22. The molecule has 0 aliphatic heterocycles. The lowest BCUT2D eigenvalue weighted by Crippen LogP contribution is -2.43. The molecule has 0 aliphatic carbocycles. The Balaban J connectivity index is 2.07. The summed E-state index contributed by atoms with van der Waals surface area (Å²) in [5.74, 6) is -3.63. The van der Waals surface area contributed by atoms with Crippen LogP contribution in [0.1, 0.15) is 16.7 Å². The minimum Gasteiger partial charge on any atom is -0.480 e. The maximum atomic E-state index is 13.6. The van der Waals surface area contributed by atoms with Gasteiger partial charge in [0, 0.05) is 12.0 Å². The van der Waals surface area contributed by atoms with Crippen molar-refractivity contribution in [2.75, 3.05) is 0 Å². The van der Waals surface area contributed by atoms with Crippen LogP contribution in [0.25, 0.3) is 0 Å². The first kappa shape index (κ1) is 17.6. The van der Waals surface area contributed by atoms with Crippen molar-refractivity contribution in [2.45, 2.75) is 25.8 Å². The molecule has 0 unspecified atom stereocenters. The van der Waals surface area contributed by atoms with E-state index in [4.69, 9.17) is 0 Å². The van der Waals surface area contributed by atoms with Crippen molar-refractivity contribution in [1.29, 1.82) is 0 Å². The van der Waals surface area contributed by atoms with Gasteiger partial charge in [-0.15, -0.1) is 0 Å². The summed E-state index contributed by atoms with van der Waals surface area (Å²) >= 11 is 0. The zero-order valence-electron chi connectivity index (χ0n) is 13.1. The number of nitrogens with one attached hydrogen (secondary N) is 1. The molecule has 2 aromatic rings. The summed E-state index contributed by atoms with van der Waals surface area (Å²) in [6.07, 6.45) is -0.474. The van der Waals surface area contributed by atoms with Crippen LogP contribution in [-0.2, 0) is 22.4 Å². The van der Waals surface area contributed by atoms with Gasteiger partial charge in [-0.05, 0) is 24.6 Å². The lowest BCUT2D eigenvalue weighted by molar-refractivity contribution is -0.141. The van der Waals surface area contributed by atoms with Gasteiger partial charge in [0.25, 0.3) is 0 Å². The molecule has 126 valence electrons. The number of carboxylic acids is 1. The number of aryl methyl sites for hydroxylation is 1. The van der Waals surface area contributed by atoms with Crippen LogP contribution in [0.3, 0.4) is 0 Å². The molecule has 4 nitrogen and oxygen atoms in total. The third kappa shape index (κ3) is 4.62. The van der Waals surface area contributed by atoms with Gasteiger partial charge in [-0.3, -0.25) is 4.79 Å². The Morgan fingerprint density at radius 3 is 2.33 bits per heavy atom. The summed E-state index contributed by atoms with van der Waals surface area (Å²) < 4.78 is 27.1. The van der Waals surface area contributed by atoms with Gasteiger partial charge in [0.1, 0.15) is 17.7 Å². The predicted octanol–water partition coefficient (Wildman–Crippen LogP) is 2.63. The number of amides is 1. The maximum absolute atomic E-state index is 13.6. The van der Waals surface area contributed by atoms with Gasteiger partial charge in [-0.1, -0.05) is 35.9 Å². The van der Waals surface area contributed by atoms with Crippen molar-refractivity contribution in [2.24, 2.45) is 0 Å². The summed E-state index contributed by atoms with van der Waals surface area (Å²) in [6.45, 7) is 1.87. The quantitative estimate of drug-likeness (QED) is 0.854. The minimum atomic E-state index is -1.21. The van der Waals surface area contributed by atoms with Gasteiger partial charge in [0.2, 0.25) is 5.91 Å². The van der Waals surface area contributed by atoms with Crippen LogP contribution in [0.15, 0.2) is 42.5 Å². The van der Waals surface area contributed by atoms with Crippen molar-refractivity contribution in [3.05, 3.63) is 70.8 Å². The smallest absolute Gasteiger partial charge is 0.326 e. The predicted molar refractivity (Wildman–Crippen MR) is 84.5 cm³/mol. The molecule has 2 N–H and O–H groups in total. The Morgan fingerprint density at radius 2 is 1.75 bits per heavy atom. The van der Waals surface area contributed by atoms with Crippen LogP contribution in [-0.4, -0.2) is 23.0 Å². The van der Waals surface area contributed by atoms with Crippen molar-refractivity contribution in [3.63, 3.8) is 0 Å². The molecule has 0 fully saturated rings. The van der Waals surface area contributed by atoms with Crippen LogP contribution in [0.2, 0.25) is 0 Å². The molecule has 0 aliphatic rings. The molecule has 0 heterocycles. The molecule has 24 heavy (non-hydrogen) atoms. The van der Waals surface area contributed by atoms with E-state index in [2.05, 4.69) is 5.32 Å². The van der Waals surface area contributed by atoms with Crippen molar-refractivity contribution in [3.8, 4) is 0 Å². The topological polar surface area (TPSA) is 66.4 Å². The van der Waals surface area contributed by atoms with Gasteiger partial charge in [0.15, 0.2) is 0 Å². The van der Waals surface area contributed by atoms with E-state index in [1.54, 1.807) is 12.1 Å². The number of benzene rings is 2. The number of carbonyl (C=O) groups excluding carboxylic acids is 1. The third-order valence-corrected chi connectivity index (χ3v) is 3.55. The molecule has 6 heteroatoms. The van der Waals surface area contributed by atoms with Crippen LogP contribution < -0.4 is 5.32 Å². The van der Waals surface area contributed by atoms with E-state index >= 15 is 0 Å². The second-order valence-corrected chi connectivity index (χ2v) is 5.53. The summed E-state index contributed by atoms with van der Waals surface area (Å²) in [5, 5.41) is 11.6. The molecule has 0 spiro atoms. The van der Waals surface area contributed by atoms with E-state index in [1.165, 1.54) is 6.07 Å². The highest BCUT2D eigenvalue weighted by molar-refractivity contribution is 5.85. The first-order chi connectivity index (χ1) is 11.4. The summed E-state index contributed by atoms with van der Waals surface area (Å²) in [7, 11) is 0. The van der Waals surface area contributed by atoms with Gasteiger partial charge in [-0.2, -0.15) is 0 Å². The van der Waals surface area contributed by atoms with Gasteiger partial charge in [0.05, 0.1) is 6.42 Å². The van der Waals surface area contributed by atoms with E-state index in [-0.39, 0.29) is 12.0 Å². The monoisotopic (exact) mass is 333 g/mol. The summed E-state index contributed by atoms with van der Waals surface area (Å²) in [5.41, 5.74) is 1.34. The molecule has 0 aromatic heterocycles. The number of carbonyl (C=O) groups is 2. The first-order valence-electron chi connectivity index (χ1n) is 7.37. The van der Waals surface area contributed by atoms with Crippen molar-refractivity contribution in [1.82, 2.24) is 5.32 Å². The Morgan fingerprint density at radius 1 is 1.12 bits per heavy atom. The summed E-state index contributed by atoms with van der Waals surface area (Å²) in [6, 6.07) is 9.36. The standard InChI is InChI=1S/C18H17F2NO3/c1-11-4-2-5-12(8-11)9-16(18(23)24)21-17(22)10-13-14(19)6-3-7-15(13)20/h2-8,16H,9-10H2,1H3,(H,21,22)(H,23,24)/t16-/m0/s1. The van der Waals surface area contributed by atoms with E-state index in [9.17, 15) is 23.5 Å². The number of hydrogen-bond acceptors (Lipinski definition) is 2. The second-order valence-electron chi connectivity index (χ2n) is 5.53. The van der Waals surface area contributed by atoms with E-state index in [0.29, 0.717) is 0 Å². The fourth-order valence-electron chi connectivity index (χ4n) is 2.38. The molecule has 0 saturated heterocycles. The van der Waals surface area contributed by atoms with Gasteiger partial charge in [-0.25, -0.2) is 13.6 Å². The fourth-order valence-corrected chi connectivity index (χ4v) is 2.38. The molecule has 1 atom stereocenters. The third-order valence-electron chi connectivity index (χ3n) is 3.55. The van der Waals surface area contributed by atoms with Crippen molar-refractivity contribution < 1.29 is 23.5 Å². The first-order valence-corrected chi connectivity index (χ1v) is 7.37. The number of hydrogen-bond donors (Lipinski definition) is 2. The Hall–Kier alpha value is -2.76. The Bertz CT molecular complexity index is 741. The lowest BCUT2D eigenvalue weighted by Gasteiger charge is -2.15. The average molecular weight is 333 g/mol. The SMILES string of the molecule is Cc1cccc(C[C@H](NC(=O)Cc2c(F)cccc2F)C(=O)O)c1. The molecule has 2 aromatic carbocycles. The minimum absolute atomic E-state index is 0.0858. The average Bonchev–Trinajstić information content (AvgIpc) is 2.50. The zero-order valence-corrected chi connectivity index (χ0v) is 13.1. The van der Waals surface area contributed by atoms with E-state index in [1.807, 2.05) is 19.1 Å². The molecule has 1 amide bonds. The van der Waals surface area contributed by atoms with Gasteiger partial charge >= 0.3 is 5.97 Å². The fraction of sp³-hybridized carbons (Fsp3) is 0.222. The molecular formula is C18H17F2NO3. The van der Waals surface area contributed by atoms with Crippen LogP contribution in [0.5, 0.6) is 0 Å². The highest BCUT2D eigenvalue weighted by Crippen LogP contribution is 2.13. The number of carboxylic acid groups (broad SMARTS) is 1. The Labute approximate surface area is 138 Å². The normalized spacial score (nSPS) is 11.8.